The van der Waals surface area contributed by atoms with Gasteiger partial charge in [0.15, 0.2) is 0 Å². The molecule has 1 atom stereocenters. The number of hydrogen-bond acceptors (Lipinski definition) is 5. The number of aryl methyl sites for hydroxylation is 1. The van der Waals surface area contributed by atoms with Gasteiger partial charge in [-0.2, -0.15) is 0 Å². The molecule has 0 saturated heterocycles. The van der Waals surface area contributed by atoms with Gasteiger partial charge in [0.2, 0.25) is 5.82 Å². The first-order valence-corrected chi connectivity index (χ1v) is 5.97. The van der Waals surface area contributed by atoms with E-state index in [9.17, 15) is 20.0 Å². The Morgan fingerprint density at radius 3 is 2.74 bits per heavy atom. The summed E-state index contributed by atoms with van der Waals surface area (Å²) in [4.78, 5) is 25.8. The van der Waals surface area contributed by atoms with Crippen LogP contribution in [0.4, 0.5) is 11.5 Å². The fourth-order valence-electron chi connectivity index (χ4n) is 2.03. The summed E-state index contributed by atoms with van der Waals surface area (Å²) in [6, 6.07) is 1.38. The summed E-state index contributed by atoms with van der Waals surface area (Å²) in [5, 5.41) is 23.1. The molecule has 0 aliphatic heterocycles. The molecule has 1 aromatic rings. The van der Waals surface area contributed by atoms with E-state index in [1.54, 1.807) is 6.92 Å². The second-order valence-corrected chi connectivity index (χ2v) is 5.04. The van der Waals surface area contributed by atoms with Gasteiger partial charge in [-0.1, -0.05) is 0 Å². The maximum atomic E-state index is 11.4. The van der Waals surface area contributed by atoms with Gasteiger partial charge in [-0.15, -0.1) is 0 Å². The fourth-order valence-corrected chi connectivity index (χ4v) is 2.03. The minimum absolute atomic E-state index is 0.00685. The smallest absolute Gasteiger partial charge is 0.329 e. The first-order chi connectivity index (χ1) is 8.84. The Hall–Kier alpha value is -2.18. The molecule has 1 aromatic heterocycles. The molecule has 2 rings (SSSR count). The zero-order valence-corrected chi connectivity index (χ0v) is 10.7. The van der Waals surface area contributed by atoms with E-state index in [-0.39, 0.29) is 17.4 Å². The number of nitrogens with zero attached hydrogens (tertiary/aromatic N) is 2. The van der Waals surface area contributed by atoms with Gasteiger partial charge in [0.1, 0.15) is 5.54 Å². The molecule has 1 aliphatic carbocycles. The molecule has 1 aliphatic rings. The van der Waals surface area contributed by atoms with Crippen molar-refractivity contribution in [3.8, 4) is 0 Å². The second-order valence-electron chi connectivity index (χ2n) is 5.04. The van der Waals surface area contributed by atoms with E-state index in [0.717, 1.165) is 12.8 Å². The number of pyridine rings is 1. The lowest BCUT2D eigenvalue weighted by Crippen LogP contribution is -2.46. The van der Waals surface area contributed by atoms with Crippen molar-refractivity contribution in [2.24, 2.45) is 5.92 Å². The van der Waals surface area contributed by atoms with Crippen LogP contribution in [0.15, 0.2) is 12.3 Å². The lowest BCUT2D eigenvalue weighted by molar-refractivity contribution is -0.384. The third kappa shape index (κ3) is 2.49. The standard InChI is InChI=1S/C12H15N3O4/c1-7-5-9(15(18)19)10(13-6-7)14-12(2,11(16)17)8-3-4-8/h5-6,8H,3-4H2,1-2H3,(H,13,14)(H,16,17). The molecule has 1 fully saturated rings. The molecule has 7 nitrogen and oxygen atoms in total. The Balaban J connectivity index is 2.37. The number of aliphatic carboxylic acids is 1. The van der Waals surface area contributed by atoms with Crippen molar-refractivity contribution < 1.29 is 14.8 Å². The fraction of sp³-hybridized carbons (Fsp3) is 0.500. The zero-order valence-electron chi connectivity index (χ0n) is 10.7. The molecule has 1 saturated carbocycles. The predicted molar refractivity (Wildman–Crippen MR) is 68.0 cm³/mol. The van der Waals surface area contributed by atoms with Gasteiger partial charge >= 0.3 is 11.7 Å². The zero-order chi connectivity index (χ0) is 14.2. The van der Waals surface area contributed by atoms with Crippen LogP contribution in [0.2, 0.25) is 0 Å². The Morgan fingerprint density at radius 1 is 1.63 bits per heavy atom. The molecule has 0 spiro atoms. The number of carboxylic acids is 1. The molecule has 102 valence electrons. The van der Waals surface area contributed by atoms with Crippen molar-refractivity contribution in [1.82, 2.24) is 4.98 Å². The minimum atomic E-state index is -1.22. The third-order valence-electron chi connectivity index (χ3n) is 3.42. The molecule has 0 bridgehead atoms. The van der Waals surface area contributed by atoms with Gasteiger partial charge in [0.05, 0.1) is 4.92 Å². The first-order valence-electron chi connectivity index (χ1n) is 5.97. The van der Waals surface area contributed by atoms with Crippen molar-refractivity contribution >= 4 is 17.5 Å². The summed E-state index contributed by atoms with van der Waals surface area (Å²) >= 11 is 0. The van der Waals surface area contributed by atoms with Gasteiger partial charge in [-0.3, -0.25) is 10.1 Å². The van der Waals surface area contributed by atoms with Crippen LogP contribution in [-0.2, 0) is 4.79 Å². The summed E-state index contributed by atoms with van der Waals surface area (Å²) < 4.78 is 0. The number of aromatic nitrogens is 1. The highest BCUT2D eigenvalue weighted by Gasteiger charge is 2.48. The van der Waals surface area contributed by atoms with Crippen molar-refractivity contribution in [2.45, 2.75) is 32.2 Å². The van der Waals surface area contributed by atoms with Crippen molar-refractivity contribution in [1.29, 1.82) is 0 Å². The minimum Gasteiger partial charge on any atom is -0.480 e. The Kier molecular flexibility index (Phi) is 3.13. The lowest BCUT2D eigenvalue weighted by atomic mass is 9.96. The molecular weight excluding hydrogens is 250 g/mol. The largest absolute Gasteiger partial charge is 0.480 e. The summed E-state index contributed by atoms with van der Waals surface area (Å²) in [5.74, 6) is -1.04. The summed E-state index contributed by atoms with van der Waals surface area (Å²) in [5.41, 5.74) is -0.763. The monoisotopic (exact) mass is 265 g/mol. The van der Waals surface area contributed by atoms with Crippen LogP contribution < -0.4 is 5.32 Å². The van der Waals surface area contributed by atoms with E-state index in [2.05, 4.69) is 10.3 Å². The highest BCUT2D eigenvalue weighted by Crippen LogP contribution is 2.42. The molecule has 1 heterocycles. The van der Waals surface area contributed by atoms with E-state index in [4.69, 9.17) is 0 Å². The van der Waals surface area contributed by atoms with E-state index in [1.165, 1.54) is 19.2 Å². The van der Waals surface area contributed by atoms with E-state index < -0.39 is 16.4 Å². The molecule has 19 heavy (non-hydrogen) atoms. The lowest BCUT2D eigenvalue weighted by Gasteiger charge is -2.26. The normalized spacial score (nSPS) is 17.6. The molecular formula is C12H15N3O4. The van der Waals surface area contributed by atoms with Crippen LogP contribution in [-0.4, -0.2) is 26.5 Å². The van der Waals surface area contributed by atoms with Crippen LogP contribution in [0, 0.1) is 23.0 Å². The summed E-state index contributed by atoms with van der Waals surface area (Å²) in [6.07, 6.45) is 3.08. The average Bonchev–Trinajstić information content (AvgIpc) is 3.15. The number of carbonyl (C=O) groups is 1. The van der Waals surface area contributed by atoms with E-state index >= 15 is 0 Å². The molecule has 7 heteroatoms. The van der Waals surface area contributed by atoms with Gasteiger partial charge in [0, 0.05) is 12.3 Å². The number of nitro groups is 1. The third-order valence-corrected chi connectivity index (χ3v) is 3.42. The quantitative estimate of drug-likeness (QED) is 0.622. The maximum Gasteiger partial charge on any atom is 0.329 e. The Bertz CT molecular complexity index is 542. The first kappa shape index (κ1) is 13.3. The number of anilines is 1. The van der Waals surface area contributed by atoms with Gasteiger partial charge < -0.3 is 10.4 Å². The van der Waals surface area contributed by atoms with Crippen molar-refractivity contribution in [3.05, 3.63) is 27.9 Å². The van der Waals surface area contributed by atoms with Crippen LogP contribution in [0.25, 0.3) is 0 Å². The van der Waals surface area contributed by atoms with Crippen LogP contribution in [0.3, 0.4) is 0 Å². The summed E-state index contributed by atoms with van der Waals surface area (Å²) in [7, 11) is 0. The van der Waals surface area contributed by atoms with Crippen molar-refractivity contribution in [2.75, 3.05) is 5.32 Å². The SMILES string of the molecule is Cc1cnc(NC(C)(C(=O)O)C2CC2)c([N+](=O)[O-])c1. The maximum absolute atomic E-state index is 11.4. The van der Waals surface area contributed by atoms with Crippen molar-refractivity contribution in [3.63, 3.8) is 0 Å². The molecule has 1 unspecified atom stereocenters. The van der Waals surface area contributed by atoms with E-state index in [1.807, 2.05) is 0 Å². The van der Waals surface area contributed by atoms with Gasteiger partial charge in [-0.25, -0.2) is 9.78 Å². The van der Waals surface area contributed by atoms with Gasteiger partial charge in [0.25, 0.3) is 0 Å². The number of carboxylic acid groups (broad SMARTS) is 1. The molecule has 0 radical (unpaired) electrons. The van der Waals surface area contributed by atoms with E-state index in [0.29, 0.717) is 5.56 Å². The predicted octanol–water partition coefficient (Wildman–Crippen LogP) is 1.96. The Morgan fingerprint density at radius 2 is 2.26 bits per heavy atom. The number of rotatable bonds is 5. The van der Waals surface area contributed by atoms with Crippen LogP contribution >= 0.6 is 0 Å². The molecule has 2 N–H and O–H groups in total. The topological polar surface area (TPSA) is 105 Å². The number of nitrogens with one attached hydrogen (secondary N) is 1. The molecule has 0 amide bonds. The van der Waals surface area contributed by atoms with Gasteiger partial charge in [-0.05, 0) is 38.2 Å². The Labute approximate surface area is 109 Å². The molecule has 0 aromatic carbocycles. The number of hydrogen-bond donors (Lipinski definition) is 2. The second kappa shape index (κ2) is 4.49. The average molecular weight is 265 g/mol. The summed E-state index contributed by atoms with van der Waals surface area (Å²) in [6.45, 7) is 3.24. The highest BCUT2D eigenvalue weighted by atomic mass is 16.6. The van der Waals surface area contributed by atoms with Crippen LogP contribution in [0.5, 0.6) is 0 Å². The highest BCUT2D eigenvalue weighted by molar-refractivity contribution is 5.83. The van der Waals surface area contributed by atoms with Crippen LogP contribution in [0.1, 0.15) is 25.3 Å².